The first-order valence-corrected chi connectivity index (χ1v) is 9.39. The van der Waals surface area contributed by atoms with Crippen molar-refractivity contribution < 1.29 is 4.79 Å². The van der Waals surface area contributed by atoms with Crippen molar-refractivity contribution in [3.8, 4) is 0 Å². The van der Waals surface area contributed by atoms with Gasteiger partial charge in [-0.3, -0.25) is 4.79 Å². The van der Waals surface area contributed by atoms with Crippen molar-refractivity contribution in [1.82, 2.24) is 5.32 Å². The van der Waals surface area contributed by atoms with E-state index in [4.69, 9.17) is 11.6 Å². The highest BCUT2D eigenvalue weighted by Gasteiger charge is 2.14. The summed E-state index contributed by atoms with van der Waals surface area (Å²) in [6.07, 6.45) is 4.19. The number of nitrogens with zero attached hydrogens (tertiary/aromatic N) is 1. The van der Waals surface area contributed by atoms with Gasteiger partial charge in [-0.05, 0) is 55.5 Å². The second kappa shape index (κ2) is 8.39. The maximum absolute atomic E-state index is 12.3. The molecule has 1 unspecified atom stereocenters. The summed E-state index contributed by atoms with van der Waals surface area (Å²) >= 11 is 6.13. The Hall–Kier alpha value is -2.00. The molecule has 4 heteroatoms. The van der Waals surface area contributed by atoms with E-state index in [1.165, 1.54) is 24.9 Å². The van der Waals surface area contributed by atoms with E-state index in [0.717, 1.165) is 24.2 Å². The zero-order valence-electron chi connectivity index (χ0n) is 14.7. The number of hydrogen-bond donors (Lipinski definition) is 1. The minimum absolute atomic E-state index is 0.0132. The first kappa shape index (κ1) is 17.8. The molecule has 0 spiro atoms. The van der Waals surface area contributed by atoms with E-state index >= 15 is 0 Å². The number of piperidine rings is 1. The molecular weight excluding hydrogens is 332 g/mol. The first-order chi connectivity index (χ1) is 12.1. The van der Waals surface area contributed by atoms with Crippen LogP contribution in [0.4, 0.5) is 5.69 Å². The molecular formula is C21H25ClN2O. The number of amides is 1. The van der Waals surface area contributed by atoms with Gasteiger partial charge in [0.25, 0.3) is 0 Å². The Labute approximate surface area is 155 Å². The molecule has 1 N–H and O–H groups in total. The zero-order chi connectivity index (χ0) is 17.6. The van der Waals surface area contributed by atoms with Crippen LogP contribution >= 0.6 is 11.6 Å². The van der Waals surface area contributed by atoms with Crippen LogP contribution in [0.25, 0.3) is 0 Å². The molecule has 0 bridgehead atoms. The van der Waals surface area contributed by atoms with Gasteiger partial charge < -0.3 is 10.2 Å². The molecule has 1 heterocycles. The fourth-order valence-corrected chi connectivity index (χ4v) is 3.52. The molecule has 3 nitrogen and oxygen atoms in total. The predicted molar refractivity (Wildman–Crippen MR) is 104 cm³/mol. The minimum atomic E-state index is -0.0228. The lowest BCUT2D eigenvalue weighted by Gasteiger charge is -2.29. The molecule has 1 aliphatic rings. The smallest absolute Gasteiger partial charge is 0.224 e. The summed E-state index contributed by atoms with van der Waals surface area (Å²) in [6, 6.07) is 16.0. The van der Waals surface area contributed by atoms with Crippen LogP contribution < -0.4 is 10.2 Å². The molecule has 0 aliphatic carbocycles. The number of hydrogen-bond acceptors (Lipinski definition) is 2. The van der Waals surface area contributed by atoms with Crippen LogP contribution in [0.2, 0.25) is 5.02 Å². The van der Waals surface area contributed by atoms with Crippen molar-refractivity contribution in [2.24, 2.45) is 0 Å². The summed E-state index contributed by atoms with van der Waals surface area (Å²) in [7, 11) is 0. The van der Waals surface area contributed by atoms with E-state index in [0.29, 0.717) is 11.4 Å². The van der Waals surface area contributed by atoms with Crippen LogP contribution in [0.5, 0.6) is 0 Å². The second-order valence-corrected chi connectivity index (χ2v) is 7.10. The SMILES string of the molecule is CC(NC(=O)Cc1ccccc1Cl)c1ccc(N2CCCCC2)cc1. The topological polar surface area (TPSA) is 32.3 Å². The van der Waals surface area contributed by atoms with Gasteiger partial charge in [-0.15, -0.1) is 0 Å². The van der Waals surface area contributed by atoms with Crippen LogP contribution in [0.1, 0.15) is 43.4 Å². The van der Waals surface area contributed by atoms with Crippen LogP contribution in [0.15, 0.2) is 48.5 Å². The lowest BCUT2D eigenvalue weighted by Crippen LogP contribution is -2.30. The molecule has 2 aromatic rings. The normalized spacial score (nSPS) is 15.7. The summed E-state index contributed by atoms with van der Waals surface area (Å²) in [5, 5.41) is 3.70. The van der Waals surface area contributed by atoms with E-state index in [-0.39, 0.29) is 11.9 Å². The van der Waals surface area contributed by atoms with Crippen molar-refractivity contribution in [1.29, 1.82) is 0 Å². The van der Waals surface area contributed by atoms with Gasteiger partial charge in [0.05, 0.1) is 12.5 Å². The highest BCUT2D eigenvalue weighted by molar-refractivity contribution is 6.31. The highest BCUT2D eigenvalue weighted by atomic mass is 35.5. The van der Waals surface area contributed by atoms with E-state index in [9.17, 15) is 4.79 Å². The number of benzene rings is 2. The Kier molecular flexibility index (Phi) is 5.98. The third-order valence-corrected chi connectivity index (χ3v) is 5.17. The number of carbonyl (C=O) groups is 1. The molecule has 0 aromatic heterocycles. The zero-order valence-corrected chi connectivity index (χ0v) is 15.4. The third kappa shape index (κ3) is 4.76. The van der Waals surface area contributed by atoms with Crippen LogP contribution in [-0.4, -0.2) is 19.0 Å². The Bertz CT molecular complexity index is 708. The maximum Gasteiger partial charge on any atom is 0.224 e. The van der Waals surface area contributed by atoms with E-state index in [1.807, 2.05) is 31.2 Å². The summed E-state index contributed by atoms with van der Waals surface area (Å²) in [4.78, 5) is 14.7. The third-order valence-electron chi connectivity index (χ3n) is 4.80. The van der Waals surface area contributed by atoms with Gasteiger partial charge in [0.2, 0.25) is 5.91 Å². The molecule has 1 aliphatic heterocycles. The number of rotatable bonds is 5. The van der Waals surface area contributed by atoms with Crippen molar-refractivity contribution in [2.45, 2.75) is 38.6 Å². The Balaban J connectivity index is 1.58. The average Bonchev–Trinajstić information content (AvgIpc) is 2.64. The molecule has 0 saturated carbocycles. The van der Waals surface area contributed by atoms with Gasteiger partial charge >= 0.3 is 0 Å². The Morgan fingerprint density at radius 2 is 1.76 bits per heavy atom. The monoisotopic (exact) mass is 356 g/mol. The summed E-state index contributed by atoms with van der Waals surface area (Å²) in [5.74, 6) is -0.0132. The molecule has 1 saturated heterocycles. The molecule has 1 amide bonds. The summed E-state index contributed by atoms with van der Waals surface area (Å²) in [6.45, 7) is 4.30. The van der Waals surface area contributed by atoms with E-state index in [1.54, 1.807) is 0 Å². The van der Waals surface area contributed by atoms with Crippen molar-refractivity contribution in [3.63, 3.8) is 0 Å². The average molecular weight is 357 g/mol. The molecule has 25 heavy (non-hydrogen) atoms. The maximum atomic E-state index is 12.3. The van der Waals surface area contributed by atoms with Gasteiger partial charge in [0.15, 0.2) is 0 Å². The highest BCUT2D eigenvalue weighted by Crippen LogP contribution is 2.22. The first-order valence-electron chi connectivity index (χ1n) is 9.01. The summed E-state index contributed by atoms with van der Waals surface area (Å²) in [5.41, 5.74) is 3.25. The number of anilines is 1. The minimum Gasteiger partial charge on any atom is -0.372 e. The van der Waals surface area contributed by atoms with Crippen molar-refractivity contribution in [3.05, 3.63) is 64.7 Å². The van der Waals surface area contributed by atoms with Crippen LogP contribution in [-0.2, 0) is 11.2 Å². The lowest BCUT2D eigenvalue weighted by molar-refractivity contribution is -0.121. The molecule has 2 aromatic carbocycles. The van der Waals surface area contributed by atoms with E-state index < -0.39 is 0 Å². The predicted octanol–water partition coefficient (Wildman–Crippen LogP) is 4.75. The number of nitrogens with one attached hydrogen (secondary N) is 1. The van der Waals surface area contributed by atoms with E-state index in [2.05, 4.69) is 34.5 Å². The van der Waals surface area contributed by atoms with Crippen LogP contribution in [0.3, 0.4) is 0 Å². The fourth-order valence-electron chi connectivity index (χ4n) is 3.32. The molecule has 1 atom stereocenters. The fraction of sp³-hybridized carbons (Fsp3) is 0.381. The van der Waals surface area contributed by atoms with Gasteiger partial charge in [-0.25, -0.2) is 0 Å². The number of halogens is 1. The molecule has 3 rings (SSSR count). The second-order valence-electron chi connectivity index (χ2n) is 6.70. The van der Waals surface area contributed by atoms with Gasteiger partial charge in [0, 0.05) is 23.8 Å². The van der Waals surface area contributed by atoms with Crippen molar-refractivity contribution >= 4 is 23.2 Å². The standard InChI is InChI=1S/C21H25ClN2O/c1-16(23-21(25)15-18-7-3-4-8-20(18)22)17-9-11-19(12-10-17)24-13-5-2-6-14-24/h3-4,7-12,16H,2,5-6,13-15H2,1H3,(H,23,25). The number of carbonyl (C=O) groups excluding carboxylic acids is 1. The molecule has 132 valence electrons. The quantitative estimate of drug-likeness (QED) is 0.838. The Morgan fingerprint density at radius 1 is 1.08 bits per heavy atom. The lowest BCUT2D eigenvalue weighted by atomic mass is 10.1. The summed E-state index contributed by atoms with van der Waals surface area (Å²) < 4.78 is 0. The molecule has 0 radical (unpaired) electrons. The van der Waals surface area contributed by atoms with Crippen molar-refractivity contribution in [2.75, 3.05) is 18.0 Å². The Morgan fingerprint density at radius 3 is 2.44 bits per heavy atom. The largest absolute Gasteiger partial charge is 0.372 e. The molecule has 1 fully saturated rings. The van der Waals surface area contributed by atoms with Gasteiger partial charge in [0.1, 0.15) is 0 Å². The van der Waals surface area contributed by atoms with Crippen LogP contribution in [0, 0.1) is 0 Å². The van der Waals surface area contributed by atoms with Gasteiger partial charge in [-0.2, -0.15) is 0 Å². The van der Waals surface area contributed by atoms with Gasteiger partial charge in [-0.1, -0.05) is 41.9 Å².